The standard InChI is InChI=1S/C16H14N4O2/c1-10(21)22-14-7-6-13-15(14)18-9-19-16(13)20-12-4-2-11(8-17)3-5-12/h2-5,9,14H,6-7H2,1H3,(H,18,19,20). The molecule has 1 atom stereocenters. The maximum Gasteiger partial charge on any atom is 0.303 e. The summed E-state index contributed by atoms with van der Waals surface area (Å²) in [5, 5.41) is 12.0. The fourth-order valence-electron chi connectivity index (χ4n) is 2.55. The van der Waals surface area contributed by atoms with Crippen LogP contribution < -0.4 is 5.32 Å². The quantitative estimate of drug-likeness (QED) is 0.875. The van der Waals surface area contributed by atoms with E-state index in [2.05, 4.69) is 21.4 Å². The maximum absolute atomic E-state index is 11.1. The zero-order chi connectivity index (χ0) is 15.5. The van der Waals surface area contributed by atoms with Crippen LogP contribution in [0.15, 0.2) is 30.6 Å². The lowest BCUT2D eigenvalue weighted by Gasteiger charge is -2.12. The summed E-state index contributed by atoms with van der Waals surface area (Å²) in [7, 11) is 0. The van der Waals surface area contributed by atoms with Gasteiger partial charge in [-0.2, -0.15) is 5.26 Å². The summed E-state index contributed by atoms with van der Waals surface area (Å²) < 4.78 is 5.28. The number of carbonyl (C=O) groups excluding carboxylic acids is 1. The highest BCUT2D eigenvalue weighted by atomic mass is 16.5. The first kappa shape index (κ1) is 14.0. The molecule has 1 N–H and O–H groups in total. The van der Waals surface area contributed by atoms with E-state index in [0.29, 0.717) is 11.4 Å². The van der Waals surface area contributed by atoms with E-state index in [1.165, 1.54) is 13.3 Å². The second-order valence-corrected chi connectivity index (χ2v) is 5.04. The zero-order valence-electron chi connectivity index (χ0n) is 12.0. The molecule has 110 valence electrons. The first-order valence-corrected chi connectivity index (χ1v) is 6.95. The van der Waals surface area contributed by atoms with Gasteiger partial charge < -0.3 is 10.1 Å². The number of ether oxygens (including phenoxy) is 1. The molecule has 0 radical (unpaired) electrons. The Morgan fingerprint density at radius 2 is 2.14 bits per heavy atom. The molecule has 1 aliphatic rings. The number of benzene rings is 1. The lowest BCUT2D eigenvalue weighted by Crippen LogP contribution is -2.07. The van der Waals surface area contributed by atoms with Crippen molar-refractivity contribution in [3.63, 3.8) is 0 Å². The van der Waals surface area contributed by atoms with E-state index in [4.69, 9.17) is 10.00 Å². The molecule has 0 aliphatic heterocycles. The van der Waals surface area contributed by atoms with Crippen LogP contribution in [-0.4, -0.2) is 15.9 Å². The number of hydrogen-bond acceptors (Lipinski definition) is 6. The van der Waals surface area contributed by atoms with Crippen molar-refractivity contribution >= 4 is 17.5 Å². The van der Waals surface area contributed by atoms with Gasteiger partial charge in [0.1, 0.15) is 18.2 Å². The van der Waals surface area contributed by atoms with Gasteiger partial charge in [-0.15, -0.1) is 0 Å². The van der Waals surface area contributed by atoms with Gasteiger partial charge in [-0.25, -0.2) is 9.97 Å². The van der Waals surface area contributed by atoms with E-state index >= 15 is 0 Å². The van der Waals surface area contributed by atoms with Crippen LogP contribution >= 0.6 is 0 Å². The maximum atomic E-state index is 11.1. The average molecular weight is 294 g/mol. The summed E-state index contributed by atoms with van der Waals surface area (Å²) in [5.41, 5.74) is 3.18. The SMILES string of the molecule is CC(=O)OC1CCc2c(Nc3ccc(C#N)cc3)ncnc21. The zero-order valence-corrected chi connectivity index (χ0v) is 12.0. The monoisotopic (exact) mass is 294 g/mol. The van der Waals surface area contributed by atoms with E-state index in [1.54, 1.807) is 12.1 Å². The first-order valence-electron chi connectivity index (χ1n) is 6.95. The fraction of sp³-hybridized carbons (Fsp3) is 0.250. The molecule has 0 fully saturated rings. The minimum Gasteiger partial charge on any atom is -0.456 e. The predicted octanol–water partition coefficient (Wildman–Crippen LogP) is 2.64. The molecule has 6 heteroatoms. The molecule has 0 bridgehead atoms. The summed E-state index contributed by atoms with van der Waals surface area (Å²) in [6.07, 6.45) is 2.65. The number of hydrogen-bond donors (Lipinski definition) is 1. The van der Waals surface area contributed by atoms with Crippen molar-refractivity contribution in [1.29, 1.82) is 5.26 Å². The molecular weight excluding hydrogens is 280 g/mol. The number of nitriles is 1. The molecule has 6 nitrogen and oxygen atoms in total. The number of nitrogens with zero attached hydrogens (tertiary/aromatic N) is 3. The highest BCUT2D eigenvalue weighted by Crippen LogP contribution is 2.36. The van der Waals surface area contributed by atoms with Gasteiger partial charge in [0.15, 0.2) is 0 Å². The van der Waals surface area contributed by atoms with Crippen molar-refractivity contribution < 1.29 is 9.53 Å². The van der Waals surface area contributed by atoms with Gasteiger partial charge in [-0.3, -0.25) is 4.79 Å². The van der Waals surface area contributed by atoms with E-state index in [9.17, 15) is 4.79 Å². The minimum atomic E-state index is -0.307. The molecule has 1 aromatic carbocycles. The van der Waals surface area contributed by atoms with Gasteiger partial charge in [-0.1, -0.05) is 0 Å². The van der Waals surface area contributed by atoms with Crippen LogP contribution in [0.25, 0.3) is 0 Å². The van der Waals surface area contributed by atoms with Gasteiger partial charge in [0.05, 0.1) is 17.3 Å². The molecular formula is C16H14N4O2. The Bertz CT molecular complexity index is 750. The lowest BCUT2D eigenvalue weighted by molar-refractivity contribution is -0.146. The van der Waals surface area contributed by atoms with Crippen molar-refractivity contribution in [2.24, 2.45) is 0 Å². The van der Waals surface area contributed by atoms with Crippen molar-refractivity contribution in [2.75, 3.05) is 5.32 Å². The van der Waals surface area contributed by atoms with E-state index < -0.39 is 0 Å². The summed E-state index contributed by atoms with van der Waals surface area (Å²) in [4.78, 5) is 19.7. The third kappa shape index (κ3) is 2.74. The largest absolute Gasteiger partial charge is 0.456 e. The Morgan fingerprint density at radius 1 is 1.36 bits per heavy atom. The lowest BCUT2D eigenvalue weighted by atomic mass is 10.2. The molecule has 0 amide bonds. The number of rotatable bonds is 3. The number of anilines is 2. The topological polar surface area (TPSA) is 87.9 Å². The summed E-state index contributed by atoms with van der Waals surface area (Å²) >= 11 is 0. The predicted molar refractivity (Wildman–Crippen MR) is 79.3 cm³/mol. The smallest absolute Gasteiger partial charge is 0.303 e. The Labute approximate surface area is 127 Å². The molecule has 0 spiro atoms. The van der Waals surface area contributed by atoms with Crippen molar-refractivity contribution in [3.05, 3.63) is 47.4 Å². The third-order valence-corrected chi connectivity index (χ3v) is 3.53. The Hall–Kier alpha value is -2.94. The summed E-state index contributed by atoms with van der Waals surface area (Å²) in [6.45, 7) is 1.40. The number of esters is 1. The second-order valence-electron chi connectivity index (χ2n) is 5.04. The number of aromatic nitrogens is 2. The highest BCUT2D eigenvalue weighted by Gasteiger charge is 2.29. The summed E-state index contributed by atoms with van der Waals surface area (Å²) in [6, 6.07) is 9.21. The summed E-state index contributed by atoms with van der Waals surface area (Å²) in [5.74, 6) is 0.405. The van der Waals surface area contributed by atoms with E-state index in [1.807, 2.05) is 12.1 Å². The molecule has 1 aliphatic carbocycles. The molecule has 0 saturated carbocycles. The van der Waals surface area contributed by atoms with Crippen molar-refractivity contribution in [1.82, 2.24) is 9.97 Å². The molecule has 0 saturated heterocycles. The van der Waals surface area contributed by atoms with E-state index in [-0.39, 0.29) is 12.1 Å². The highest BCUT2D eigenvalue weighted by molar-refractivity contribution is 5.67. The normalized spacial score (nSPS) is 15.7. The van der Waals surface area contributed by atoms with Crippen LogP contribution in [0.4, 0.5) is 11.5 Å². The van der Waals surface area contributed by atoms with Crippen molar-refractivity contribution in [2.45, 2.75) is 25.9 Å². The van der Waals surface area contributed by atoms with Crippen LogP contribution in [0.1, 0.15) is 36.3 Å². The van der Waals surface area contributed by atoms with Gasteiger partial charge in [0.25, 0.3) is 0 Å². The van der Waals surface area contributed by atoms with Crippen LogP contribution in [0.5, 0.6) is 0 Å². The Balaban J connectivity index is 1.85. The van der Waals surface area contributed by atoms with Crippen molar-refractivity contribution in [3.8, 4) is 6.07 Å². The van der Waals surface area contributed by atoms with Crippen LogP contribution in [0.3, 0.4) is 0 Å². The van der Waals surface area contributed by atoms with Crippen LogP contribution in [-0.2, 0) is 16.0 Å². The van der Waals surface area contributed by atoms with Gasteiger partial charge in [0, 0.05) is 18.2 Å². The first-order chi connectivity index (χ1) is 10.7. The number of fused-ring (bicyclic) bond motifs is 1. The van der Waals surface area contributed by atoms with E-state index in [0.717, 1.165) is 29.8 Å². The minimum absolute atomic E-state index is 0.294. The average Bonchev–Trinajstić information content (AvgIpc) is 2.92. The molecule has 1 unspecified atom stereocenters. The molecule has 3 rings (SSSR count). The number of carbonyl (C=O) groups is 1. The third-order valence-electron chi connectivity index (χ3n) is 3.53. The Morgan fingerprint density at radius 3 is 2.82 bits per heavy atom. The Kier molecular flexibility index (Phi) is 3.71. The van der Waals surface area contributed by atoms with Gasteiger partial charge in [-0.05, 0) is 37.1 Å². The number of nitrogens with one attached hydrogen (secondary N) is 1. The fourth-order valence-corrected chi connectivity index (χ4v) is 2.55. The molecule has 1 heterocycles. The van der Waals surface area contributed by atoms with Gasteiger partial charge in [0.2, 0.25) is 0 Å². The second kappa shape index (κ2) is 5.82. The van der Waals surface area contributed by atoms with Crippen LogP contribution in [0, 0.1) is 11.3 Å². The van der Waals surface area contributed by atoms with Crippen LogP contribution in [0.2, 0.25) is 0 Å². The molecule has 1 aromatic heterocycles. The van der Waals surface area contributed by atoms with Gasteiger partial charge >= 0.3 is 5.97 Å². The molecule has 22 heavy (non-hydrogen) atoms. The molecule has 2 aromatic rings.